The lowest BCUT2D eigenvalue weighted by Crippen LogP contribution is -2.43. The van der Waals surface area contributed by atoms with Gasteiger partial charge in [-0.15, -0.1) is 0 Å². The Kier molecular flexibility index (Phi) is 9.69. The van der Waals surface area contributed by atoms with Crippen LogP contribution in [0, 0.1) is 5.92 Å². The van der Waals surface area contributed by atoms with Crippen molar-refractivity contribution in [3.8, 4) is 0 Å². The molecule has 3 rings (SSSR count). The van der Waals surface area contributed by atoms with Crippen molar-refractivity contribution >= 4 is 29.6 Å². The Labute approximate surface area is 221 Å². The minimum absolute atomic E-state index is 0.0587. The number of benzene rings is 3. The Hall–Kier alpha value is -3.84. The molecule has 0 aliphatic rings. The number of esters is 2. The van der Waals surface area contributed by atoms with Crippen LogP contribution < -0.4 is 5.32 Å². The van der Waals surface area contributed by atoms with Crippen molar-refractivity contribution in [1.29, 1.82) is 0 Å². The fourth-order valence-corrected chi connectivity index (χ4v) is 3.70. The maximum Gasteiger partial charge on any atom is 0.408 e. The highest BCUT2D eigenvalue weighted by Gasteiger charge is 2.40. The topological polar surface area (TPSA) is 90.9 Å². The maximum atomic E-state index is 13.4. The van der Waals surface area contributed by atoms with Crippen molar-refractivity contribution in [1.82, 2.24) is 5.32 Å². The molecule has 1 N–H and O–H groups in total. The second kappa shape index (κ2) is 12.9. The minimum atomic E-state index is -1.53. The Bertz CT molecular complexity index is 1140. The number of rotatable bonds is 9. The average molecular weight is 524 g/mol. The average Bonchev–Trinajstić information content (AvgIpc) is 2.86. The van der Waals surface area contributed by atoms with Crippen LogP contribution in [0.3, 0.4) is 0 Å². The van der Waals surface area contributed by atoms with Crippen LogP contribution in [0.1, 0.15) is 43.5 Å². The van der Waals surface area contributed by atoms with Gasteiger partial charge in [-0.1, -0.05) is 84.4 Å². The molecule has 0 fully saturated rings. The van der Waals surface area contributed by atoms with Gasteiger partial charge in [-0.25, -0.2) is 4.79 Å². The molecule has 0 unspecified atom stereocenters. The molecule has 1 amide bonds. The van der Waals surface area contributed by atoms with E-state index in [1.807, 2.05) is 36.4 Å². The molecule has 0 bridgehead atoms. The number of alkyl carbamates (subject to hydrolysis) is 1. The highest BCUT2D eigenvalue weighted by atomic mass is 35.5. The van der Waals surface area contributed by atoms with Crippen LogP contribution in [0.15, 0.2) is 84.9 Å². The first-order valence-corrected chi connectivity index (χ1v) is 12.2. The van der Waals surface area contributed by atoms with E-state index in [0.29, 0.717) is 10.6 Å². The summed E-state index contributed by atoms with van der Waals surface area (Å²) >= 11 is 6.20. The third-order valence-electron chi connectivity index (χ3n) is 5.17. The number of hydrogen-bond donors (Lipinski definition) is 1. The lowest BCUT2D eigenvalue weighted by molar-refractivity contribution is -0.165. The number of amides is 1. The first-order valence-electron chi connectivity index (χ1n) is 11.8. The molecule has 3 aromatic rings. The lowest BCUT2D eigenvalue weighted by Gasteiger charge is -2.28. The van der Waals surface area contributed by atoms with Crippen LogP contribution >= 0.6 is 11.6 Å². The summed E-state index contributed by atoms with van der Waals surface area (Å²) < 4.78 is 16.4. The van der Waals surface area contributed by atoms with E-state index in [0.717, 1.165) is 11.1 Å². The number of halogens is 1. The SMILES string of the molecule is CC(C)(C)OC(=O)N[C@H](c1cccc(Cl)c1)C(C(=O)OCc1ccccc1)C(=O)OCc1ccccc1. The van der Waals surface area contributed by atoms with Gasteiger partial charge in [0, 0.05) is 5.02 Å². The molecule has 0 saturated carbocycles. The predicted molar refractivity (Wildman–Crippen MR) is 140 cm³/mol. The summed E-state index contributed by atoms with van der Waals surface area (Å²) in [6, 6.07) is 23.5. The fourth-order valence-electron chi connectivity index (χ4n) is 3.50. The van der Waals surface area contributed by atoms with Gasteiger partial charge >= 0.3 is 18.0 Å². The second-order valence-electron chi connectivity index (χ2n) is 9.34. The van der Waals surface area contributed by atoms with Gasteiger partial charge < -0.3 is 19.5 Å². The molecule has 194 valence electrons. The quantitative estimate of drug-likeness (QED) is 0.210. The Balaban J connectivity index is 1.92. The Morgan fingerprint density at radius 2 is 1.30 bits per heavy atom. The normalized spacial score (nSPS) is 11.9. The zero-order chi connectivity index (χ0) is 26.8. The van der Waals surface area contributed by atoms with Crippen molar-refractivity contribution in [3.05, 3.63) is 107 Å². The van der Waals surface area contributed by atoms with E-state index >= 15 is 0 Å². The van der Waals surface area contributed by atoms with Crippen LogP contribution in [-0.4, -0.2) is 23.6 Å². The first kappa shape index (κ1) is 27.7. The maximum absolute atomic E-state index is 13.4. The van der Waals surface area contributed by atoms with Gasteiger partial charge in [0.2, 0.25) is 0 Å². The number of hydrogen-bond acceptors (Lipinski definition) is 6. The first-order chi connectivity index (χ1) is 17.6. The van der Waals surface area contributed by atoms with E-state index in [2.05, 4.69) is 5.32 Å². The van der Waals surface area contributed by atoms with Crippen LogP contribution in [-0.2, 0) is 37.0 Å². The highest BCUT2D eigenvalue weighted by molar-refractivity contribution is 6.30. The molecule has 8 heteroatoms. The Morgan fingerprint density at radius 3 is 1.76 bits per heavy atom. The largest absolute Gasteiger partial charge is 0.460 e. The Morgan fingerprint density at radius 1 is 0.784 bits per heavy atom. The van der Waals surface area contributed by atoms with Gasteiger partial charge in [0.1, 0.15) is 18.8 Å². The highest BCUT2D eigenvalue weighted by Crippen LogP contribution is 2.28. The number of carbonyl (C=O) groups is 3. The number of ether oxygens (including phenoxy) is 3. The monoisotopic (exact) mass is 523 g/mol. The molecule has 7 nitrogen and oxygen atoms in total. The fraction of sp³-hybridized carbons (Fsp3) is 0.276. The van der Waals surface area contributed by atoms with E-state index < -0.39 is 35.6 Å². The molecule has 0 spiro atoms. The molecule has 0 aliphatic carbocycles. The van der Waals surface area contributed by atoms with Crippen LogP contribution in [0.5, 0.6) is 0 Å². The molecular formula is C29H30ClNO6. The summed E-state index contributed by atoms with van der Waals surface area (Å²) in [7, 11) is 0. The van der Waals surface area contributed by atoms with Crippen LogP contribution in [0.4, 0.5) is 4.79 Å². The van der Waals surface area contributed by atoms with Gasteiger partial charge in [-0.05, 0) is 49.6 Å². The zero-order valence-corrected chi connectivity index (χ0v) is 21.7. The molecule has 0 saturated heterocycles. The van der Waals surface area contributed by atoms with Gasteiger partial charge in [-0.2, -0.15) is 0 Å². The van der Waals surface area contributed by atoms with E-state index in [-0.39, 0.29) is 13.2 Å². The molecular weight excluding hydrogens is 494 g/mol. The molecule has 37 heavy (non-hydrogen) atoms. The van der Waals surface area contributed by atoms with Gasteiger partial charge in [0.25, 0.3) is 0 Å². The third-order valence-corrected chi connectivity index (χ3v) is 5.40. The molecule has 0 heterocycles. The minimum Gasteiger partial charge on any atom is -0.460 e. The van der Waals surface area contributed by atoms with Crippen LogP contribution in [0.25, 0.3) is 0 Å². The third kappa shape index (κ3) is 8.95. The zero-order valence-electron chi connectivity index (χ0n) is 21.0. The van der Waals surface area contributed by atoms with E-state index in [1.165, 1.54) is 0 Å². The lowest BCUT2D eigenvalue weighted by atomic mass is 9.92. The van der Waals surface area contributed by atoms with E-state index in [4.69, 9.17) is 25.8 Å². The summed E-state index contributed by atoms with van der Waals surface area (Å²) in [4.78, 5) is 39.5. The van der Waals surface area contributed by atoms with E-state index in [1.54, 1.807) is 69.3 Å². The molecule has 0 aliphatic heterocycles. The summed E-state index contributed by atoms with van der Waals surface area (Å²) in [5.41, 5.74) is 1.09. The van der Waals surface area contributed by atoms with Crippen molar-refractivity contribution in [2.75, 3.05) is 0 Å². The van der Waals surface area contributed by atoms with Crippen molar-refractivity contribution < 1.29 is 28.6 Å². The summed E-state index contributed by atoms with van der Waals surface area (Å²) in [5.74, 6) is -3.25. The molecule has 0 radical (unpaired) electrons. The van der Waals surface area contributed by atoms with Crippen LogP contribution in [0.2, 0.25) is 5.02 Å². The molecule has 0 aromatic heterocycles. The summed E-state index contributed by atoms with van der Waals surface area (Å²) in [5, 5.41) is 3.02. The van der Waals surface area contributed by atoms with Gasteiger partial charge in [0.05, 0.1) is 6.04 Å². The molecule has 3 aromatic carbocycles. The standard InChI is InChI=1S/C29H30ClNO6/c1-29(2,3)37-28(34)31-25(22-15-10-16-23(30)17-22)24(26(32)35-18-20-11-6-4-7-12-20)27(33)36-19-21-13-8-5-9-14-21/h4-17,24-25H,18-19H2,1-3H3,(H,31,34)/t25-/m1/s1. The summed E-state index contributed by atoms with van der Waals surface area (Å²) in [6.45, 7) is 5.01. The second-order valence-corrected chi connectivity index (χ2v) is 9.78. The van der Waals surface area contributed by atoms with Gasteiger partial charge in [-0.3, -0.25) is 9.59 Å². The van der Waals surface area contributed by atoms with Gasteiger partial charge in [0.15, 0.2) is 5.92 Å². The van der Waals surface area contributed by atoms with Crippen molar-refractivity contribution in [2.45, 2.75) is 45.6 Å². The summed E-state index contributed by atoms with van der Waals surface area (Å²) in [6.07, 6.45) is -0.811. The van der Waals surface area contributed by atoms with E-state index in [9.17, 15) is 14.4 Å². The van der Waals surface area contributed by atoms with Crippen molar-refractivity contribution in [2.24, 2.45) is 5.92 Å². The van der Waals surface area contributed by atoms with Crippen molar-refractivity contribution in [3.63, 3.8) is 0 Å². The predicted octanol–water partition coefficient (Wildman–Crippen LogP) is 6.01. The number of nitrogens with one attached hydrogen (secondary N) is 1. The smallest absolute Gasteiger partial charge is 0.408 e. The molecule has 1 atom stereocenters. The number of carbonyl (C=O) groups excluding carboxylic acids is 3.